The predicted octanol–water partition coefficient (Wildman–Crippen LogP) is 8.86. The summed E-state index contributed by atoms with van der Waals surface area (Å²) in [6, 6.07) is 20.6. The van der Waals surface area contributed by atoms with Crippen LogP contribution in [0.1, 0.15) is 111 Å². The van der Waals surface area contributed by atoms with E-state index in [9.17, 15) is 4.79 Å². The number of rotatable bonds is 9. The number of benzene rings is 2. The Hall–Kier alpha value is -2.17. The smallest absolute Gasteiger partial charge is 0.312 e. The number of esters is 1. The van der Waals surface area contributed by atoms with Crippen LogP contribution in [0.3, 0.4) is 0 Å². The second-order valence-electron chi connectivity index (χ2n) is 13.7. The monoisotopic (exact) mass is 522 g/mol. The van der Waals surface area contributed by atoms with Crippen LogP contribution < -0.4 is 0 Å². The summed E-state index contributed by atoms with van der Waals surface area (Å²) in [5.41, 5.74) is 1.45. The summed E-state index contributed by atoms with van der Waals surface area (Å²) in [5.74, 6) is -0.114. The van der Waals surface area contributed by atoms with Gasteiger partial charge in [-0.05, 0) is 49.1 Å². The number of ether oxygens (including phenoxy) is 3. The molecule has 210 valence electrons. The van der Waals surface area contributed by atoms with E-state index in [1.807, 2.05) is 36.4 Å². The average molecular weight is 523 g/mol. The average Bonchev–Trinajstić information content (AvgIpc) is 2.83. The minimum Gasteiger partial charge on any atom is -0.462 e. The molecule has 0 aliphatic heterocycles. The molecule has 0 aromatic heterocycles. The van der Waals surface area contributed by atoms with Crippen molar-refractivity contribution in [3.05, 3.63) is 71.8 Å². The maximum Gasteiger partial charge on any atom is 0.312 e. The van der Waals surface area contributed by atoms with Crippen LogP contribution in [0.25, 0.3) is 0 Å². The summed E-state index contributed by atoms with van der Waals surface area (Å²) in [4.78, 5) is 13.9. The zero-order valence-electron chi connectivity index (χ0n) is 25.1. The van der Waals surface area contributed by atoms with E-state index >= 15 is 0 Å². The van der Waals surface area contributed by atoms with Gasteiger partial charge in [0.05, 0.1) is 29.8 Å². The fourth-order valence-corrected chi connectivity index (χ4v) is 5.65. The molecule has 0 bridgehead atoms. The molecule has 1 fully saturated rings. The second kappa shape index (κ2) is 12.3. The van der Waals surface area contributed by atoms with Crippen LogP contribution >= 0.6 is 0 Å². The van der Waals surface area contributed by atoms with Gasteiger partial charge in [-0.15, -0.1) is 0 Å². The van der Waals surface area contributed by atoms with Crippen LogP contribution in [-0.4, -0.2) is 24.3 Å². The van der Waals surface area contributed by atoms with E-state index in [4.69, 9.17) is 14.2 Å². The number of carbonyl (C=O) groups is 1. The third-order valence-electron chi connectivity index (χ3n) is 8.17. The fraction of sp³-hybridized carbons (Fsp3) is 0.618. The summed E-state index contributed by atoms with van der Waals surface area (Å²) < 4.78 is 19.5. The molecular formula is C34H50O4. The Morgan fingerprint density at radius 2 is 1.11 bits per heavy atom. The molecule has 1 saturated carbocycles. The number of hydrogen-bond acceptors (Lipinski definition) is 4. The summed E-state index contributed by atoms with van der Waals surface area (Å²) in [6.45, 7) is 19.2. The van der Waals surface area contributed by atoms with Crippen molar-refractivity contribution in [3.63, 3.8) is 0 Å². The molecule has 5 unspecified atom stereocenters. The standard InChI is InChI=1S/C34H50O4/c1-24(26-16-12-10-13-17-26)36-28-20-29(37-25(2)27-18-14-11-15-19-27)22-30(21-28)38-31(35)34(9,33(6,7)8)23-32(3,4)5/h10-19,24-25,28-30H,20-23H2,1-9H3. The molecule has 0 N–H and O–H groups in total. The lowest BCUT2D eigenvalue weighted by molar-refractivity contribution is -0.181. The summed E-state index contributed by atoms with van der Waals surface area (Å²) in [7, 11) is 0. The first-order valence-electron chi connectivity index (χ1n) is 14.3. The minimum atomic E-state index is -0.607. The van der Waals surface area contributed by atoms with E-state index in [1.165, 1.54) is 0 Å². The first kappa shape index (κ1) is 30.4. The Morgan fingerprint density at radius 1 is 0.711 bits per heavy atom. The lowest BCUT2D eigenvalue weighted by Gasteiger charge is -2.45. The topological polar surface area (TPSA) is 44.8 Å². The predicted molar refractivity (Wildman–Crippen MR) is 155 cm³/mol. The molecule has 0 heterocycles. The lowest BCUT2D eigenvalue weighted by Crippen LogP contribution is -2.47. The van der Waals surface area contributed by atoms with Gasteiger partial charge >= 0.3 is 5.97 Å². The molecule has 1 aliphatic rings. The van der Waals surface area contributed by atoms with Crippen molar-refractivity contribution in [1.82, 2.24) is 0 Å². The van der Waals surface area contributed by atoms with E-state index < -0.39 is 5.41 Å². The SMILES string of the molecule is CC(OC1CC(OC(=O)C(C)(CC(C)(C)C)C(C)(C)C)CC(OC(C)c2ccccc2)C1)c1ccccc1. The zero-order chi connectivity index (χ0) is 28.1. The largest absolute Gasteiger partial charge is 0.462 e. The fourth-order valence-electron chi connectivity index (χ4n) is 5.65. The highest BCUT2D eigenvalue weighted by atomic mass is 16.6. The normalized spacial score (nSPS) is 23.8. The molecule has 2 aromatic carbocycles. The maximum absolute atomic E-state index is 13.9. The molecule has 0 amide bonds. The Balaban J connectivity index is 1.79. The van der Waals surface area contributed by atoms with Crippen molar-refractivity contribution in [2.45, 2.75) is 119 Å². The number of hydrogen-bond donors (Lipinski definition) is 0. The Kier molecular flexibility index (Phi) is 9.87. The molecule has 0 saturated heterocycles. The minimum absolute atomic E-state index is 0.00113. The van der Waals surface area contributed by atoms with E-state index in [0.717, 1.165) is 24.0 Å². The summed E-state index contributed by atoms with van der Waals surface area (Å²) in [5, 5.41) is 0. The van der Waals surface area contributed by atoms with E-state index in [2.05, 4.69) is 86.6 Å². The molecule has 3 rings (SSSR count). The molecular weight excluding hydrogens is 472 g/mol. The van der Waals surface area contributed by atoms with Crippen molar-refractivity contribution >= 4 is 5.97 Å². The van der Waals surface area contributed by atoms with Crippen LogP contribution in [0.5, 0.6) is 0 Å². The van der Waals surface area contributed by atoms with Crippen LogP contribution in [0.15, 0.2) is 60.7 Å². The quantitative estimate of drug-likeness (QED) is 0.309. The van der Waals surface area contributed by atoms with Gasteiger partial charge in [0.15, 0.2) is 0 Å². The molecule has 2 aromatic rings. The van der Waals surface area contributed by atoms with Crippen LogP contribution in [0.4, 0.5) is 0 Å². The highest BCUT2D eigenvalue weighted by Crippen LogP contribution is 2.48. The van der Waals surface area contributed by atoms with Crippen molar-refractivity contribution in [1.29, 1.82) is 0 Å². The molecule has 4 nitrogen and oxygen atoms in total. The van der Waals surface area contributed by atoms with Crippen molar-refractivity contribution in [3.8, 4) is 0 Å². The molecule has 1 aliphatic carbocycles. The van der Waals surface area contributed by atoms with E-state index in [0.29, 0.717) is 12.8 Å². The highest BCUT2D eigenvalue weighted by molar-refractivity contribution is 5.77. The third kappa shape index (κ3) is 8.16. The molecule has 38 heavy (non-hydrogen) atoms. The van der Waals surface area contributed by atoms with Gasteiger partial charge in [0, 0.05) is 19.3 Å². The highest BCUT2D eigenvalue weighted by Gasteiger charge is 2.49. The Labute approximate surface area is 231 Å². The van der Waals surface area contributed by atoms with Crippen LogP contribution in [0, 0.1) is 16.2 Å². The lowest BCUT2D eigenvalue weighted by atomic mass is 9.61. The zero-order valence-corrected chi connectivity index (χ0v) is 25.1. The van der Waals surface area contributed by atoms with Gasteiger partial charge in [-0.3, -0.25) is 4.79 Å². The summed E-state index contributed by atoms with van der Waals surface area (Å²) in [6.07, 6.45) is 2.41. The molecule has 5 atom stereocenters. The van der Waals surface area contributed by atoms with Crippen molar-refractivity contribution < 1.29 is 19.0 Å². The van der Waals surface area contributed by atoms with Crippen LogP contribution in [-0.2, 0) is 19.0 Å². The van der Waals surface area contributed by atoms with Gasteiger partial charge in [-0.25, -0.2) is 0 Å². The van der Waals surface area contributed by atoms with Crippen LogP contribution in [0.2, 0.25) is 0 Å². The number of carbonyl (C=O) groups excluding carboxylic acids is 1. The Bertz CT molecular complexity index is 949. The molecule has 4 heteroatoms. The maximum atomic E-state index is 13.9. The van der Waals surface area contributed by atoms with Gasteiger partial charge < -0.3 is 14.2 Å². The van der Waals surface area contributed by atoms with Gasteiger partial charge in [-0.1, -0.05) is 102 Å². The van der Waals surface area contributed by atoms with Gasteiger partial charge in [0.25, 0.3) is 0 Å². The molecule has 0 radical (unpaired) electrons. The van der Waals surface area contributed by atoms with Gasteiger partial charge in [0.2, 0.25) is 0 Å². The van der Waals surface area contributed by atoms with Gasteiger partial charge in [0.1, 0.15) is 6.10 Å². The van der Waals surface area contributed by atoms with Crippen molar-refractivity contribution in [2.24, 2.45) is 16.2 Å². The first-order valence-corrected chi connectivity index (χ1v) is 14.3. The van der Waals surface area contributed by atoms with E-state index in [-0.39, 0.29) is 47.3 Å². The summed E-state index contributed by atoms with van der Waals surface area (Å²) >= 11 is 0. The first-order chi connectivity index (χ1) is 17.7. The molecule has 0 spiro atoms. The Morgan fingerprint density at radius 3 is 1.47 bits per heavy atom. The van der Waals surface area contributed by atoms with E-state index in [1.54, 1.807) is 0 Å². The van der Waals surface area contributed by atoms with Crippen molar-refractivity contribution in [2.75, 3.05) is 0 Å². The third-order valence-corrected chi connectivity index (χ3v) is 8.17. The second-order valence-corrected chi connectivity index (χ2v) is 13.7. The van der Waals surface area contributed by atoms with Gasteiger partial charge in [-0.2, -0.15) is 0 Å².